The number of rotatable bonds is 2. The van der Waals surface area contributed by atoms with Gasteiger partial charge in [0, 0.05) is 25.2 Å². The molecule has 0 spiro atoms. The van der Waals surface area contributed by atoms with Gasteiger partial charge in [0.2, 0.25) is 0 Å². The van der Waals surface area contributed by atoms with Gasteiger partial charge in [-0.25, -0.2) is 0 Å². The molecule has 2 fully saturated rings. The van der Waals surface area contributed by atoms with Crippen molar-refractivity contribution in [3.8, 4) is 0 Å². The van der Waals surface area contributed by atoms with E-state index in [0.717, 1.165) is 12.1 Å². The molecule has 1 saturated carbocycles. The monoisotopic (exact) mass is 182 g/mol. The van der Waals surface area contributed by atoms with E-state index >= 15 is 0 Å². The topological polar surface area (TPSA) is 6.48 Å². The van der Waals surface area contributed by atoms with Crippen molar-refractivity contribution in [2.24, 2.45) is 0 Å². The Labute approximate surface area is 81.9 Å². The van der Waals surface area contributed by atoms with E-state index in [9.17, 15) is 0 Å². The molecule has 0 radical (unpaired) electrons. The van der Waals surface area contributed by atoms with E-state index in [1.807, 2.05) is 0 Å². The first-order valence-corrected chi connectivity index (χ1v) is 5.68. The van der Waals surface area contributed by atoms with Crippen LogP contribution in [0.4, 0.5) is 0 Å². The molecule has 2 heteroatoms. The molecule has 0 unspecified atom stereocenters. The van der Waals surface area contributed by atoms with Crippen LogP contribution in [0, 0.1) is 0 Å². The molecule has 0 bridgehead atoms. The minimum atomic E-state index is 0.855. The fourth-order valence-corrected chi connectivity index (χ4v) is 2.71. The zero-order chi connectivity index (χ0) is 9.26. The average molecular weight is 182 g/mol. The van der Waals surface area contributed by atoms with Crippen molar-refractivity contribution >= 4 is 0 Å². The summed E-state index contributed by atoms with van der Waals surface area (Å²) in [6, 6.07) is 1.75. The summed E-state index contributed by atoms with van der Waals surface area (Å²) >= 11 is 0. The molecule has 2 aliphatic rings. The second kappa shape index (κ2) is 3.97. The highest BCUT2D eigenvalue weighted by atomic mass is 15.3. The fraction of sp³-hybridized carbons (Fsp3) is 1.00. The van der Waals surface area contributed by atoms with Gasteiger partial charge in [0.15, 0.2) is 0 Å². The lowest BCUT2D eigenvalue weighted by atomic mass is 9.92. The molecule has 1 saturated heterocycles. The van der Waals surface area contributed by atoms with Crippen LogP contribution in [-0.2, 0) is 0 Å². The lowest BCUT2D eigenvalue weighted by Gasteiger charge is -2.46. The smallest absolute Gasteiger partial charge is 0.0350 e. The van der Waals surface area contributed by atoms with Crippen LogP contribution in [0.3, 0.4) is 0 Å². The normalized spacial score (nSPS) is 27.9. The van der Waals surface area contributed by atoms with Crippen molar-refractivity contribution in [2.45, 2.75) is 44.2 Å². The molecular formula is C11H22N2. The van der Waals surface area contributed by atoms with E-state index in [4.69, 9.17) is 0 Å². The Morgan fingerprint density at radius 3 is 2.15 bits per heavy atom. The van der Waals surface area contributed by atoms with Gasteiger partial charge in [0.05, 0.1) is 0 Å². The van der Waals surface area contributed by atoms with Crippen molar-refractivity contribution in [1.29, 1.82) is 0 Å². The maximum atomic E-state index is 2.64. The zero-order valence-electron chi connectivity index (χ0n) is 9.00. The van der Waals surface area contributed by atoms with E-state index in [1.54, 1.807) is 0 Å². The average Bonchev–Trinajstić information content (AvgIpc) is 2.13. The summed E-state index contributed by atoms with van der Waals surface area (Å²) < 4.78 is 0. The van der Waals surface area contributed by atoms with Crippen molar-refractivity contribution in [1.82, 2.24) is 9.80 Å². The number of hydrogen-bond donors (Lipinski definition) is 0. The highest BCUT2D eigenvalue weighted by Gasteiger charge is 2.31. The number of likely N-dealkylation sites (tertiary alicyclic amines) is 1. The second-order valence-corrected chi connectivity index (χ2v) is 4.83. The van der Waals surface area contributed by atoms with Crippen LogP contribution in [0.2, 0.25) is 0 Å². The predicted octanol–water partition coefficient (Wildman–Crippen LogP) is 1.56. The largest absolute Gasteiger partial charge is 0.303 e. The standard InChI is InChI=1S/C11H22N2/c1-12-8-11(9-12)13(2)10-6-4-3-5-7-10/h10-11H,3-9H2,1-2H3. The summed E-state index contributed by atoms with van der Waals surface area (Å²) in [5.41, 5.74) is 0. The minimum Gasteiger partial charge on any atom is -0.303 e. The Morgan fingerprint density at radius 2 is 1.62 bits per heavy atom. The SMILES string of the molecule is CN1CC(N(C)C2CCCCC2)C1. The molecule has 0 N–H and O–H groups in total. The lowest BCUT2D eigenvalue weighted by molar-refractivity contribution is 0.0310. The van der Waals surface area contributed by atoms with Crippen molar-refractivity contribution < 1.29 is 0 Å². The van der Waals surface area contributed by atoms with E-state index < -0.39 is 0 Å². The lowest BCUT2D eigenvalue weighted by Crippen LogP contribution is -2.59. The number of likely N-dealkylation sites (N-methyl/N-ethyl adjacent to an activating group) is 2. The summed E-state index contributed by atoms with van der Waals surface area (Å²) in [7, 11) is 4.54. The number of nitrogens with zero attached hydrogens (tertiary/aromatic N) is 2. The molecule has 13 heavy (non-hydrogen) atoms. The van der Waals surface area contributed by atoms with Crippen molar-refractivity contribution in [3.63, 3.8) is 0 Å². The van der Waals surface area contributed by atoms with Crippen LogP contribution in [0.5, 0.6) is 0 Å². The van der Waals surface area contributed by atoms with Gasteiger partial charge in [0.25, 0.3) is 0 Å². The van der Waals surface area contributed by atoms with Crippen LogP contribution in [0.1, 0.15) is 32.1 Å². The van der Waals surface area contributed by atoms with Gasteiger partial charge in [-0.15, -0.1) is 0 Å². The third-order valence-electron chi connectivity index (χ3n) is 3.77. The van der Waals surface area contributed by atoms with E-state index in [2.05, 4.69) is 23.9 Å². The Morgan fingerprint density at radius 1 is 1.00 bits per heavy atom. The molecular weight excluding hydrogens is 160 g/mol. The van der Waals surface area contributed by atoms with Gasteiger partial charge in [0.1, 0.15) is 0 Å². The Balaban J connectivity index is 1.78. The van der Waals surface area contributed by atoms with Crippen LogP contribution in [-0.4, -0.2) is 49.1 Å². The van der Waals surface area contributed by atoms with Crippen LogP contribution >= 0.6 is 0 Å². The molecule has 76 valence electrons. The summed E-state index contributed by atoms with van der Waals surface area (Å²) in [5, 5.41) is 0. The summed E-state index contributed by atoms with van der Waals surface area (Å²) in [6.45, 7) is 2.57. The molecule has 0 aromatic rings. The maximum absolute atomic E-state index is 2.64. The maximum Gasteiger partial charge on any atom is 0.0350 e. The molecule has 0 atom stereocenters. The quantitative estimate of drug-likeness (QED) is 0.639. The Hall–Kier alpha value is -0.0800. The Bertz CT molecular complexity index is 157. The van der Waals surface area contributed by atoms with Crippen molar-refractivity contribution in [3.05, 3.63) is 0 Å². The first kappa shape index (κ1) is 9.47. The zero-order valence-corrected chi connectivity index (χ0v) is 9.00. The van der Waals surface area contributed by atoms with Crippen LogP contribution in [0.15, 0.2) is 0 Å². The molecule has 0 aromatic heterocycles. The second-order valence-electron chi connectivity index (χ2n) is 4.83. The molecule has 1 heterocycles. The first-order chi connectivity index (χ1) is 6.27. The van der Waals surface area contributed by atoms with Crippen LogP contribution in [0.25, 0.3) is 0 Å². The third-order valence-corrected chi connectivity index (χ3v) is 3.77. The predicted molar refractivity (Wildman–Crippen MR) is 55.9 cm³/mol. The summed E-state index contributed by atoms with van der Waals surface area (Å²) in [5.74, 6) is 0. The van der Waals surface area contributed by atoms with Gasteiger partial charge in [-0.05, 0) is 26.9 Å². The molecule has 0 aromatic carbocycles. The summed E-state index contributed by atoms with van der Waals surface area (Å²) in [6.07, 6.45) is 7.26. The van der Waals surface area contributed by atoms with Gasteiger partial charge in [-0.3, -0.25) is 4.90 Å². The van der Waals surface area contributed by atoms with Crippen LogP contribution < -0.4 is 0 Å². The summed E-state index contributed by atoms with van der Waals surface area (Å²) in [4.78, 5) is 5.04. The molecule has 2 rings (SSSR count). The van der Waals surface area contributed by atoms with E-state index in [1.165, 1.54) is 45.2 Å². The molecule has 1 aliphatic heterocycles. The molecule has 2 nitrogen and oxygen atoms in total. The molecule has 0 amide bonds. The van der Waals surface area contributed by atoms with E-state index in [0.29, 0.717) is 0 Å². The van der Waals surface area contributed by atoms with Gasteiger partial charge >= 0.3 is 0 Å². The minimum absolute atomic E-state index is 0.855. The van der Waals surface area contributed by atoms with Crippen molar-refractivity contribution in [2.75, 3.05) is 27.2 Å². The van der Waals surface area contributed by atoms with Gasteiger partial charge in [-0.2, -0.15) is 0 Å². The third kappa shape index (κ3) is 2.05. The first-order valence-electron chi connectivity index (χ1n) is 5.68. The van der Waals surface area contributed by atoms with Gasteiger partial charge < -0.3 is 4.90 Å². The fourth-order valence-electron chi connectivity index (χ4n) is 2.71. The highest BCUT2D eigenvalue weighted by molar-refractivity contribution is 4.88. The number of hydrogen-bond acceptors (Lipinski definition) is 2. The molecule has 1 aliphatic carbocycles. The van der Waals surface area contributed by atoms with E-state index in [-0.39, 0.29) is 0 Å². The van der Waals surface area contributed by atoms with Gasteiger partial charge in [-0.1, -0.05) is 19.3 Å². The Kier molecular flexibility index (Phi) is 2.89. The highest BCUT2D eigenvalue weighted by Crippen LogP contribution is 2.25.